The fraction of sp³-hybridized carbons (Fsp3) is 0.387. The second-order valence-corrected chi connectivity index (χ2v) is 26.8. The minimum atomic E-state index is -3.32. The zero-order valence-corrected chi connectivity index (χ0v) is 49.0. The molecule has 2 aliphatic carbocycles. The highest BCUT2D eigenvalue weighted by molar-refractivity contribution is 7.91. The van der Waals surface area contributed by atoms with E-state index in [0.29, 0.717) is 90.6 Å². The van der Waals surface area contributed by atoms with Crippen LogP contribution in [0.1, 0.15) is 73.1 Å². The second kappa shape index (κ2) is 26.3. The summed E-state index contributed by atoms with van der Waals surface area (Å²) in [6, 6.07) is 34.4. The van der Waals surface area contributed by atoms with Crippen LogP contribution in [-0.4, -0.2) is 137 Å². The van der Waals surface area contributed by atoms with E-state index in [-0.39, 0.29) is 46.7 Å². The van der Waals surface area contributed by atoms with Crippen LogP contribution in [0, 0.1) is 11.8 Å². The highest BCUT2D eigenvalue weighted by atomic mass is 35.5. The maximum absolute atomic E-state index is 13.1. The summed E-state index contributed by atoms with van der Waals surface area (Å²) in [6.45, 7) is 1.89. The van der Waals surface area contributed by atoms with E-state index in [1.54, 1.807) is 84.9 Å². The van der Waals surface area contributed by atoms with Crippen LogP contribution in [-0.2, 0) is 29.1 Å². The van der Waals surface area contributed by atoms with Gasteiger partial charge >= 0.3 is 13.2 Å². The summed E-state index contributed by atoms with van der Waals surface area (Å²) in [4.78, 5) is 22.1. The van der Waals surface area contributed by atoms with E-state index < -0.39 is 32.9 Å². The molecular formula is C62H64Cl2F4N6O8S2. The van der Waals surface area contributed by atoms with Crippen LogP contribution >= 0.6 is 23.2 Å². The lowest BCUT2D eigenvalue weighted by Crippen LogP contribution is -2.37. The minimum Gasteiger partial charge on any atom is -0.434 e. The van der Waals surface area contributed by atoms with Gasteiger partial charge in [0.15, 0.2) is 19.7 Å². The first-order valence-electron chi connectivity index (χ1n) is 28.3. The van der Waals surface area contributed by atoms with Crippen LogP contribution < -0.4 is 9.47 Å². The number of hydrogen-bond acceptors (Lipinski definition) is 12. The van der Waals surface area contributed by atoms with E-state index in [9.17, 15) is 34.4 Å². The third-order valence-corrected chi connectivity index (χ3v) is 20.3. The van der Waals surface area contributed by atoms with Crippen molar-refractivity contribution >= 4 is 64.9 Å². The molecule has 14 nitrogen and oxygen atoms in total. The SMILES string of the molecule is O=S(=O)(CC1CC1)c1ccc([C@@H](CCN2CCOCC2)c2nc3cc(-c4ccccc4OC(F)F)c(Cl)cc3[nH]2)cc1.O=S(=O)(CC1CC1)c1ccc([C@H](CCN2CCOCC2)c2nc3cc(-c4ccccc4OC(F)F)c(Cl)cc3[nH]2)cc1. The number of alkyl halides is 4. The molecule has 4 fully saturated rings. The number of nitrogens with one attached hydrogen (secondary N) is 2. The van der Waals surface area contributed by atoms with Crippen molar-refractivity contribution in [1.82, 2.24) is 29.7 Å². The smallest absolute Gasteiger partial charge is 0.387 e. The van der Waals surface area contributed by atoms with Gasteiger partial charge in [0, 0.05) is 60.3 Å². The van der Waals surface area contributed by atoms with E-state index in [0.717, 1.165) is 101 Å². The summed E-state index contributed by atoms with van der Waals surface area (Å²) >= 11 is 13.3. The van der Waals surface area contributed by atoms with Gasteiger partial charge in [-0.3, -0.25) is 9.80 Å². The number of morpholine rings is 2. The Hall–Kier alpha value is -6.10. The van der Waals surface area contributed by atoms with Crippen molar-refractivity contribution in [2.75, 3.05) is 77.2 Å². The minimum absolute atomic E-state index is 0.0321. The third-order valence-electron chi connectivity index (χ3n) is 15.9. The lowest BCUT2D eigenvalue weighted by atomic mass is 9.94. The van der Waals surface area contributed by atoms with Gasteiger partial charge in [0.1, 0.15) is 23.1 Å². The Balaban J connectivity index is 0.000000175. The number of aromatic nitrogens is 4. The number of aromatic amines is 2. The van der Waals surface area contributed by atoms with Gasteiger partial charge in [-0.25, -0.2) is 26.8 Å². The lowest BCUT2D eigenvalue weighted by molar-refractivity contribution is -0.0501. The van der Waals surface area contributed by atoms with E-state index in [1.807, 2.05) is 24.3 Å². The lowest BCUT2D eigenvalue weighted by Gasteiger charge is -2.28. The van der Waals surface area contributed by atoms with Gasteiger partial charge in [-0.1, -0.05) is 83.9 Å². The fourth-order valence-electron chi connectivity index (χ4n) is 11.0. The largest absolute Gasteiger partial charge is 0.434 e. The molecule has 0 unspecified atom stereocenters. The molecule has 2 N–H and O–H groups in total. The highest BCUT2D eigenvalue weighted by Gasteiger charge is 2.32. The molecule has 4 heterocycles. The molecule has 12 rings (SSSR count). The van der Waals surface area contributed by atoms with Crippen LogP contribution in [0.4, 0.5) is 17.6 Å². The maximum atomic E-state index is 13.1. The molecule has 2 aromatic heterocycles. The fourth-order valence-corrected chi connectivity index (χ4v) is 14.9. The number of benzene rings is 6. The number of nitrogens with zero attached hydrogens (tertiary/aromatic N) is 4. The molecule has 6 aromatic carbocycles. The Kier molecular flexibility index (Phi) is 18.6. The quantitative estimate of drug-likeness (QED) is 0.0617. The Morgan fingerprint density at radius 2 is 0.893 bits per heavy atom. The summed E-state index contributed by atoms with van der Waals surface area (Å²) in [5.74, 6) is 2.17. The van der Waals surface area contributed by atoms with Crippen molar-refractivity contribution in [3.63, 3.8) is 0 Å². The second-order valence-electron chi connectivity index (χ2n) is 21.9. The number of para-hydroxylation sites is 2. The van der Waals surface area contributed by atoms with E-state index in [1.165, 1.54) is 12.1 Å². The number of fused-ring (bicyclic) bond motifs is 2. The van der Waals surface area contributed by atoms with E-state index in [2.05, 4.69) is 19.8 Å². The predicted molar refractivity (Wildman–Crippen MR) is 316 cm³/mol. The summed E-state index contributed by atoms with van der Waals surface area (Å²) in [5, 5.41) is 0.746. The van der Waals surface area contributed by atoms with Crippen LogP contribution in [0.25, 0.3) is 44.3 Å². The van der Waals surface area contributed by atoms with Crippen molar-refractivity contribution in [2.24, 2.45) is 11.8 Å². The zero-order valence-electron chi connectivity index (χ0n) is 45.9. The molecular weight excluding hydrogens is 1170 g/mol. The number of rotatable bonds is 22. The molecule has 2 saturated heterocycles. The molecule has 0 bridgehead atoms. The highest BCUT2D eigenvalue weighted by Crippen LogP contribution is 2.42. The number of imidazole rings is 2. The van der Waals surface area contributed by atoms with Gasteiger partial charge in [-0.15, -0.1) is 0 Å². The van der Waals surface area contributed by atoms with Crippen molar-refractivity contribution in [3.8, 4) is 33.8 Å². The standard InChI is InChI=1S/2C31H32ClF2N3O4S/c2*32-26-18-28-27(17-25(26)24-3-1-2-4-29(24)41-31(33)34)35-30(36-28)23(11-12-37-13-15-40-16-14-37)21-7-9-22(10-8-21)42(38,39)19-20-5-6-20/h2*1-4,7-10,17-18,20,23,31H,5-6,11-16,19H2,(H,35,36)/t2*23-/m10/s1. The van der Waals surface area contributed by atoms with Gasteiger partial charge < -0.3 is 28.9 Å². The van der Waals surface area contributed by atoms with Crippen LogP contribution in [0.15, 0.2) is 131 Å². The maximum Gasteiger partial charge on any atom is 0.387 e. The molecule has 4 aliphatic rings. The van der Waals surface area contributed by atoms with Crippen molar-refractivity contribution in [3.05, 3.63) is 154 Å². The van der Waals surface area contributed by atoms with E-state index >= 15 is 0 Å². The molecule has 2 atom stereocenters. The molecule has 0 amide bonds. The van der Waals surface area contributed by atoms with E-state index in [4.69, 9.17) is 52.1 Å². The van der Waals surface area contributed by atoms with Crippen LogP contribution in [0.3, 0.4) is 0 Å². The molecule has 8 aromatic rings. The summed E-state index contributed by atoms with van der Waals surface area (Å²) in [5.41, 5.74) is 6.57. The van der Waals surface area contributed by atoms with Gasteiger partial charge in [0.2, 0.25) is 0 Å². The van der Waals surface area contributed by atoms with Gasteiger partial charge in [0.05, 0.1) is 79.8 Å². The molecule has 0 radical (unpaired) electrons. The normalized spacial score (nSPS) is 17.1. The van der Waals surface area contributed by atoms with Crippen molar-refractivity contribution in [1.29, 1.82) is 0 Å². The average molecular weight is 1230 g/mol. The molecule has 84 heavy (non-hydrogen) atoms. The molecule has 2 saturated carbocycles. The summed E-state index contributed by atoms with van der Waals surface area (Å²) < 4.78 is 124. The Bertz CT molecular complexity index is 3550. The van der Waals surface area contributed by atoms with Gasteiger partial charge in [-0.2, -0.15) is 17.6 Å². The first-order chi connectivity index (χ1) is 40.5. The molecule has 2 aliphatic heterocycles. The first-order valence-corrected chi connectivity index (χ1v) is 32.3. The molecule has 0 spiro atoms. The van der Waals surface area contributed by atoms with Gasteiger partial charge in [0.25, 0.3) is 0 Å². The first kappa shape index (κ1) is 59.6. The number of hydrogen-bond donors (Lipinski definition) is 2. The predicted octanol–water partition coefficient (Wildman–Crippen LogP) is 13.0. The monoisotopic (exact) mass is 1230 g/mol. The Morgan fingerprint density at radius 3 is 1.25 bits per heavy atom. The Morgan fingerprint density at radius 1 is 0.524 bits per heavy atom. The van der Waals surface area contributed by atoms with Crippen molar-refractivity contribution in [2.45, 2.75) is 73.4 Å². The topological polar surface area (TPSA) is 169 Å². The third kappa shape index (κ3) is 14.8. The van der Waals surface area contributed by atoms with Gasteiger partial charge in [-0.05, 0) is 135 Å². The average Bonchev–Trinajstić information content (AvgIpc) is 4.61. The summed E-state index contributed by atoms with van der Waals surface area (Å²) in [7, 11) is -6.64. The molecule has 22 heteroatoms. The number of halogens is 6. The van der Waals surface area contributed by atoms with Crippen LogP contribution in [0.2, 0.25) is 10.0 Å². The van der Waals surface area contributed by atoms with Crippen LogP contribution in [0.5, 0.6) is 11.5 Å². The Labute approximate surface area is 495 Å². The number of ether oxygens (including phenoxy) is 4. The number of H-pyrrole nitrogens is 2. The zero-order chi connectivity index (χ0) is 58.5. The van der Waals surface area contributed by atoms with Crippen molar-refractivity contribution < 1.29 is 53.3 Å². The number of sulfone groups is 2. The molecule has 444 valence electrons. The summed E-state index contributed by atoms with van der Waals surface area (Å²) in [6.07, 6.45) is 5.40.